The van der Waals surface area contributed by atoms with Crippen molar-refractivity contribution in [1.82, 2.24) is 19.6 Å². The molecule has 3 heterocycles. The van der Waals surface area contributed by atoms with Crippen molar-refractivity contribution in [2.75, 3.05) is 26.2 Å². The fourth-order valence-corrected chi connectivity index (χ4v) is 4.84. The number of hydrogen-bond acceptors (Lipinski definition) is 6. The van der Waals surface area contributed by atoms with Crippen molar-refractivity contribution < 1.29 is 32.2 Å². The third-order valence-electron chi connectivity index (χ3n) is 6.07. The van der Waals surface area contributed by atoms with Crippen LogP contribution < -0.4 is 0 Å². The molecule has 36 heavy (non-hydrogen) atoms. The number of halogens is 4. The summed E-state index contributed by atoms with van der Waals surface area (Å²) in [5.74, 6) is -0.104. The Morgan fingerprint density at radius 2 is 1.86 bits per heavy atom. The van der Waals surface area contributed by atoms with Gasteiger partial charge in [0.2, 0.25) is 0 Å². The van der Waals surface area contributed by atoms with E-state index in [1.54, 1.807) is 10.7 Å². The molecule has 8 nitrogen and oxygen atoms in total. The Morgan fingerprint density at radius 3 is 2.56 bits per heavy atom. The lowest BCUT2D eigenvalue weighted by molar-refractivity contribution is -0.137. The molecule has 2 aromatic rings. The molecule has 12 heteroatoms. The van der Waals surface area contributed by atoms with Gasteiger partial charge in [-0.15, -0.1) is 0 Å². The van der Waals surface area contributed by atoms with Gasteiger partial charge in [0.15, 0.2) is 5.78 Å². The Bertz CT molecular complexity index is 1110. The minimum atomic E-state index is -4.56. The number of ketones is 1. The van der Waals surface area contributed by atoms with Gasteiger partial charge in [0.1, 0.15) is 12.3 Å². The molecular weight excluding hydrogens is 501 g/mol. The van der Waals surface area contributed by atoms with Crippen LogP contribution in [0.25, 0.3) is 0 Å². The highest BCUT2D eigenvalue weighted by Crippen LogP contribution is 2.32. The van der Waals surface area contributed by atoms with Crippen molar-refractivity contribution in [2.45, 2.75) is 58.3 Å². The van der Waals surface area contributed by atoms with Crippen molar-refractivity contribution in [3.05, 3.63) is 51.8 Å². The fraction of sp³-hybridized carbons (Fsp3) is 0.542. The van der Waals surface area contributed by atoms with E-state index in [1.807, 2.05) is 13.8 Å². The number of alkyl halides is 3. The summed E-state index contributed by atoms with van der Waals surface area (Å²) in [5.41, 5.74) is 0.268. The molecule has 2 aliphatic rings. The zero-order valence-electron chi connectivity index (χ0n) is 20.1. The van der Waals surface area contributed by atoms with Crippen LogP contribution in [0.15, 0.2) is 24.3 Å². The third-order valence-corrected chi connectivity index (χ3v) is 6.29. The molecule has 1 aromatic carbocycles. The van der Waals surface area contributed by atoms with E-state index in [9.17, 15) is 22.8 Å². The van der Waals surface area contributed by atoms with Gasteiger partial charge < -0.3 is 14.4 Å². The summed E-state index contributed by atoms with van der Waals surface area (Å²) in [7, 11) is 0. The zero-order valence-corrected chi connectivity index (χ0v) is 20.8. The van der Waals surface area contributed by atoms with Gasteiger partial charge in [-0.3, -0.25) is 14.4 Å². The number of carbonyl (C=O) groups is 2. The molecule has 2 unspecified atom stereocenters. The first kappa shape index (κ1) is 26.4. The van der Waals surface area contributed by atoms with E-state index < -0.39 is 17.8 Å². The van der Waals surface area contributed by atoms with Crippen LogP contribution in [-0.2, 0) is 35.3 Å². The summed E-state index contributed by atoms with van der Waals surface area (Å²) < 4.78 is 51.8. The first-order chi connectivity index (χ1) is 17.0. The number of rotatable bonds is 5. The zero-order chi connectivity index (χ0) is 26.0. The van der Waals surface area contributed by atoms with Gasteiger partial charge >= 0.3 is 12.3 Å². The van der Waals surface area contributed by atoms with E-state index in [1.165, 1.54) is 11.0 Å². The number of Topliss-reactive ketones (excluding diaryl/α,β-unsaturated/α-hetero) is 1. The van der Waals surface area contributed by atoms with Crippen LogP contribution in [0.3, 0.4) is 0 Å². The summed E-state index contributed by atoms with van der Waals surface area (Å²) in [6.45, 7) is 6.26. The van der Waals surface area contributed by atoms with Gasteiger partial charge in [-0.05, 0) is 50.1 Å². The van der Waals surface area contributed by atoms with Gasteiger partial charge in [0.05, 0.1) is 36.6 Å². The van der Waals surface area contributed by atoms with Gasteiger partial charge in [0.25, 0.3) is 0 Å². The minimum absolute atomic E-state index is 0.0480. The van der Waals surface area contributed by atoms with Crippen molar-refractivity contribution in [2.24, 2.45) is 0 Å². The second-order valence-corrected chi connectivity index (χ2v) is 9.73. The molecule has 0 radical (unpaired) electrons. The highest BCUT2D eigenvalue weighted by atomic mass is 35.5. The molecule has 2 atom stereocenters. The molecule has 1 aromatic heterocycles. The van der Waals surface area contributed by atoms with Gasteiger partial charge in [-0.1, -0.05) is 11.6 Å². The molecule has 4 rings (SSSR count). The lowest BCUT2D eigenvalue weighted by atomic mass is 10.1. The quantitative estimate of drug-likeness (QED) is 0.536. The highest BCUT2D eigenvalue weighted by molar-refractivity contribution is 6.30. The standard InChI is InChI=1S/C24H28ClF3N4O4/c1-15-10-30(11-16(2)36-15)13-22(33)21-9-20-12-31(4-3-5-32(20)29-21)23(34)35-14-17-6-18(24(26,27)28)8-19(25)7-17/h6-9,15-16H,3-5,10-14H2,1-2H3. The fourth-order valence-electron chi connectivity index (χ4n) is 4.59. The normalized spacial score (nSPS) is 21.1. The van der Waals surface area contributed by atoms with Crippen molar-refractivity contribution in [3.63, 3.8) is 0 Å². The predicted octanol–water partition coefficient (Wildman–Crippen LogP) is 4.39. The van der Waals surface area contributed by atoms with Crippen LogP contribution in [0.1, 0.15) is 47.6 Å². The van der Waals surface area contributed by atoms with Crippen LogP contribution in [0.4, 0.5) is 18.0 Å². The molecule has 0 saturated carbocycles. The topological polar surface area (TPSA) is 76.9 Å². The average Bonchev–Trinajstić information content (AvgIpc) is 3.07. The largest absolute Gasteiger partial charge is 0.445 e. The minimum Gasteiger partial charge on any atom is -0.445 e. The lowest BCUT2D eigenvalue weighted by Gasteiger charge is -2.34. The summed E-state index contributed by atoms with van der Waals surface area (Å²) in [6.07, 6.45) is -4.54. The van der Waals surface area contributed by atoms with Crippen molar-refractivity contribution in [1.29, 1.82) is 0 Å². The van der Waals surface area contributed by atoms with Crippen LogP contribution in [-0.4, -0.2) is 69.8 Å². The number of aryl methyl sites for hydroxylation is 1. The molecular formula is C24H28ClF3N4O4. The van der Waals surface area contributed by atoms with E-state index >= 15 is 0 Å². The summed E-state index contributed by atoms with van der Waals surface area (Å²) in [6, 6.07) is 4.75. The molecule has 0 aliphatic carbocycles. The predicted molar refractivity (Wildman–Crippen MR) is 125 cm³/mol. The van der Waals surface area contributed by atoms with Gasteiger partial charge in [0, 0.05) is 31.2 Å². The summed E-state index contributed by atoms with van der Waals surface area (Å²) in [5, 5.41) is 4.36. The number of hydrogen-bond donors (Lipinski definition) is 0. The molecule has 1 fully saturated rings. The first-order valence-electron chi connectivity index (χ1n) is 11.7. The highest BCUT2D eigenvalue weighted by Gasteiger charge is 2.31. The van der Waals surface area contributed by atoms with E-state index in [-0.39, 0.29) is 48.3 Å². The van der Waals surface area contributed by atoms with Crippen molar-refractivity contribution >= 4 is 23.5 Å². The Morgan fingerprint density at radius 1 is 1.14 bits per heavy atom. The second kappa shape index (κ2) is 10.8. The molecule has 2 aliphatic heterocycles. The second-order valence-electron chi connectivity index (χ2n) is 9.29. The molecule has 0 bridgehead atoms. The average molecular weight is 529 g/mol. The van der Waals surface area contributed by atoms with E-state index in [2.05, 4.69) is 10.00 Å². The number of benzene rings is 1. The van der Waals surface area contributed by atoms with Crippen LogP contribution in [0, 0.1) is 0 Å². The summed E-state index contributed by atoms with van der Waals surface area (Å²) >= 11 is 5.80. The molecule has 0 N–H and O–H groups in total. The molecule has 1 saturated heterocycles. The maximum Gasteiger partial charge on any atom is 0.416 e. The number of amides is 1. The molecule has 196 valence electrons. The number of morpholine rings is 1. The number of nitrogens with zero attached hydrogens (tertiary/aromatic N) is 4. The van der Waals surface area contributed by atoms with Gasteiger partial charge in [-0.2, -0.15) is 18.3 Å². The number of ether oxygens (including phenoxy) is 2. The maximum absolute atomic E-state index is 13.0. The monoisotopic (exact) mass is 528 g/mol. The Balaban J connectivity index is 1.37. The SMILES string of the molecule is CC1CN(CC(=O)c2cc3n(n2)CCCN(C(=O)OCc2cc(Cl)cc(C(F)(F)F)c2)C3)CC(C)O1. The van der Waals surface area contributed by atoms with Crippen molar-refractivity contribution in [3.8, 4) is 0 Å². The number of carbonyl (C=O) groups excluding carboxylic acids is 2. The van der Waals surface area contributed by atoms with E-state index in [4.69, 9.17) is 21.1 Å². The van der Waals surface area contributed by atoms with E-state index in [0.29, 0.717) is 44.0 Å². The maximum atomic E-state index is 13.0. The molecule has 0 spiro atoms. The summed E-state index contributed by atoms with van der Waals surface area (Å²) in [4.78, 5) is 29.1. The van der Waals surface area contributed by atoms with Crippen LogP contribution in [0.5, 0.6) is 0 Å². The van der Waals surface area contributed by atoms with Gasteiger partial charge in [-0.25, -0.2) is 4.79 Å². The Hall–Kier alpha value is -2.63. The molecule has 1 amide bonds. The van der Waals surface area contributed by atoms with Crippen LogP contribution in [0.2, 0.25) is 5.02 Å². The number of aromatic nitrogens is 2. The van der Waals surface area contributed by atoms with E-state index in [0.717, 1.165) is 12.1 Å². The van der Waals surface area contributed by atoms with Crippen LogP contribution >= 0.6 is 11.6 Å². The first-order valence-corrected chi connectivity index (χ1v) is 12.1. The lowest BCUT2D eigenvalue weighted by Crippen LogP contribution is -2.47. The number of fused-ring (bicyclic) bond motifs is 1. The Labute approximate surface area is 211 Å². The Kier molecular flexibility index (Phi) is 7.91. The third kappa shape index (κ3) is 6.57. The smallest absolute Gasteiger partial charge is 0.416 e.